The quantitative estimate of drug-likeness (QED) is 0.748. The van der Waals surface area contributed by atoms with Gasteiger partial charge in [0.15, 0.2) is 0 Å². The van der Waals surface area contributed by atoms with Crippen LogP contribution in [0.3, 0.4) is 0 Å². The minimum Gasteiger partial charge on any atom is -0.368 e. The van der Waals surface area contributed by atoms with E-state index in [0.717, 1.165) is 10.2 Å². The van der Waals surface area contributed by atoms with Crippen LogP contribution in [0.15, 0.2) is 65.3 Å². The molecule has 0 atom stereocenters. The second-order valence-electron chi connectivity index (χ2n) is 4.49. The van der Waals surface area contributed by atoms with Crippen molar-refractivity contribution in [3.8, 4) is 11.1 Å². The Kier molecular flexibility index (Phi) is 3.83. The molecule has 0 spiro atoms. The van der Waals surface area contributed by atoms with Crippen molar-refractivity contribution in [2.24, 2.45) is 0 Å². The number of nitrogens with one attached hydrogen (secondary N) is 1. The number of benzene rings is 2. The lowest BCUT2D eigenvalue weighted by Crippen LogP contribution is -2.00. The first-order valence-corrected chi connectivity index (χ1v) is 7.22. The number of anilines is 3. The summed E-state index contributed by atoms with van der Waals surface area (Å²) < 4.78 is 0.767. The normalized spacial score (nSPS) is 10.3. The topological polar surface area (TPSA) is 63.8 Å². The molecule has 1 aromatic heterocycles. The maximum Gasteiger partial charge on any atom is 0.222 e. The maximum absolute atomic E-state index is 5.60. The molecular formula is C16H13BrN4. The summed E-state index contributed by atoms with van der Waals surface area (Å²) >= 11 is 3.40. The molecule has 1 heterocycles. The van der Waals surface area contributed by atoms with Gasteiger partial charge in [-0.05, 0) is 39.2 Å². The molecule has 0 fully saturated rings. The van der Waals surface area contributed by atoms with Crippen LogP contribution in [0.25, 0.3) is 11.1 Å². The third-order valence-corrected chi connectivity index (χ3v) is 3.60. The van der Waals surface area contributed by atoms with Gasteiger partial charge >= 0.3 is 0 Å². The van der Waals surface area contributed by atoms with E-state index in [2.05, 4.69) is 55.5 Å². The fourth-order valence-electron chi connectivity index (χ4n) is 1.98. The van der Waals surface area contributed by atoms with E-state index in [1.165, 1.54) is 11.1 Å². The second-order valence-corrected chi connectivity index (χ2v) is 5.35. The highest BCUT2D eigenvalue weighted by molar-refractivity contribution is 9.10. The number of nitrogens with two attached hydrogens (primary N) is 1. The summed E-state index contributed by atoms with van der Waals surface area (Å²) in [5, 5.41) is 3.21. The van der Waals surface area contributed by atoms with Crippen molar-refractivity contribution in [2.75, 3.05) is 11.1 Å². The molecule has 3 aromatic rings. The van der Waals surface area contributed by atoms with Gasteiger partial charge in [-0.2, -0.15) is 4.98 Å². The van der Waals surface area contributed by atoms with Gasteiger partial charge in [-0.15, -0.1) is 0 Å². The number of hydrogen-bond acceptors (Lipinski definition) is 4. The number of nitrogens with zero attached hydrogens (tertiary/aromatic N) is 2. The van der Waals surface area contributed by atoms with Crippen LogP contribution < -0.4 is 11.1 Å². The van der Waals surface area contributed by atoms with Crippen molar-refractivity contribution in [3.63, 3.8) is 0 Å². The van der Waals surface area contributed by atoms with Gasteiger partial charge in [-0.1, -0.05) is 42.5 Å². The van der Waals surface area contributed by atoms with E-state index < -0.39 is 0 Å². The summed E-state index contributed by atoms with van der Waals surface area (Å²) in [4.78, 5) is 8.07. The molecule has 0 aliphatic heterocycles. The smallest absolute Gasteiger partial charge is 0.222 e. The molecule has 5 heteroatoms. The second kappa shape index (κ2) is 5.93. The molecule has 3 N–H and O–H groups in total. The van der Waals surface area contributed by atoms with Crippen molar-refractivity contribution in [2.45, 2.75) is 0 Å². The van der Waals surface area contributed by atoms with Gasteiger partial charge in [0.05, 0.1) is 4.47 Å². The molecule has 104 valence electrons. The summed E-state index contributed by atoms with van der Waals surface area (Å²) in [5.41, 5.74) is 8.90. The van der Waals surface area contributed by atoms with Crippen LogP contribution in [-0.2, 0) is 0 Å². The first-order chi connectivity index (χ1) is 10.2. The zero-order valence-corrected chi connectivity index (χ0v) is 12.7. The van der Waals surface area contributed by atoms with Crippen LogP contribution in [0.1, 0.15) is 0 Å². The minimum absolute atomic E-state index is 0.238. The standard InChI is InChI=1S/C16H13BrN4/c17-14-10-19-16(18)21-15(14)20-13-8-6-12(7-9-13)11-4-2-1-3-5-11/h1-10H,(H3,18,19,20,21). The monoisotopic (exact) mass is 340 g/mol. The maximum atomic E-state index is 5.60. The summed E-state index contributed by atoms with van der Waals surface area (Å²) in [6, 6.07) is 18.4. The van der Waals surface area contributed by atoms with E-state index in [4.69, 9.17) is 5.73 Å². The molecule has 0 aliphatic carbocycles. The number of hydrogen-bond donors (Lipinski definition) is 2. The van der Waals surface area contributed by atoms with Crippen molar-refractivity contribution in [1.82, 2.24) is 9.97 Å². The van der Waals surface area contributed by atoms with Gasteiger partial charge in [-0.3, -0.25) is 0 Å². The van der Waals surface area contributed by atoms with E-state index in [9.17, 15) is 0 Å². The molecule has 0 bridgehead atoms. The Labute approximate surface area is 131 Å². The van der Waals surface area contributed by atoms with Crippen molar-refractivity contribution < 1.29 is 0 Å². The van der Waals surface area contributed by atoms with Crippen LogP contribution >= 0.6 is 15.9 Å². The van der Waals surface area contributed by atoms with Crippen molar-refractivity contribution in [1.29, 1.82) is 0 Å². The van der Waals surface area contributed by atoms with Crippen molar-refractivity contribution in [3.05, 3.63) is 65.3 Å². The highest BCUT2D eigenvalue weighted by atomic mass is 79.9. The molecule has 3 rings (SSSR count). The zero-order valence-electron chi connectivity index (χ0n) is 11.1. The average molecular weight is 341 g/mol. The van der Waals surface area contributed by atoms with E-state index in [0.29, 0.717) is 5.82 Å². The molecule has 21 heavy (non-hydrogen) atoms. The average Bonchev–Trinajstić information content (AvgIpc) is 2.53. The Balaban J connectivity index is 1.83. The zero-order chi connectivity index (χ0) is 14.7. The molecule has 2 aromatic carbocycles. The third kappa shape index (κ3) is 3.20. The van der Waals surface area contributed by atoms with Gasteiger partial charge in [0, 0.05) is 11.9 Å². The number of nitrogen functional groups attached to an aromatic ring is 1. The summed E-state index contributed by atoms with van der Waals surface area (Å²) in [6.45, 7) is 0. The van der Waals surface area contributed by atoms with E-state index >= 15 is 0 Å². The summed E-state index contributed by atoms with van der Waals surface area (Å²) in [7, 11) is 0. The summed E-state index contributed by atoms with van der Waals surface area (Å²) in [6.07, 6.45) is 1.63. The van der Waals surface area contributed by atoms with Crippen LogP contribution in [0.2, 0.25) is 0 Å². The Bertz CT molecular complexity index is 742. The highest BCUT2D eigenvalue weighted by Crippen LogP contribution is 2.26. The Morgan fingerprint density at radius 2 is 1.57 bits per heavy atom. The predicted octanol–water partition coefficient (Wildman–Crippen LogP) is 4.23. The van der Waals surface area contributed by atoms with Crippen LogP contribution in [0.4, 0.5) is 17.5 Å². The fourth-order valence-corrected chi connectivity index (χ4v) is 2.27. The fraction of sp³-hybridized carbons (Fsp3) is 0. The van der Waals surface area contributed by atoms with Crippen LogP contribution in [0, 0.1) is 0 Å². The highest BCUT2D eigenvalue weighted by Gasteiger charge is 2.04. The van der Waals surface area contributed by atoms with Crippen LogP contribution in [0.5, 0.6) is 0 Å². The van der Waals surface area contributed by atoms with Gasteiger partial charge in [0.2, 0.25) is 5.95 Å². The van der Waals surface area contributed by atoms with Crippen LogP contribution in [-0.4, -0.2) is 9.97 Å². The Morgan fingerprint density at radius 3 is 2.29 bits per heavy atom. The summed E-state index contributed by atoms with van der Waals surface area (Å²) in [5.74, 6) is 0.886. The molecule has 4 nitrogen and oxygen atoms in total. The first-order valence-electron chi connectivity index (χ1n) is 6.43. The lowest BCUT2D eigenvalue weighted by atomic mass is 10.1. The third-order valence-electron chi connectivity index (χ3n) is 3.02. The van der Waals surface area contributed by atoms with Gasteiger partial charge < -0.3 is 11.1 Å². The number of rotatable bonds is 3. The molecule has 0 saturated heterocycles. The first kappa shape index (κ1) is 13.6. The largest absolute Gasteiger partial charge is 0.368 e. The van der Waals surface area contributed by atoms with E-state index in [1.807, 2.05) is 30.3 Å². The van der Waals surface area contributed by atoms with E-state index in [-0.39, 0.29) is 5.95 Å². The van der Waals surface area contributed by atoms with Gasteiger partial charge in [-0.25, -0.2) is 4.98 Å². The molecule has 0 saturated carbocycles. The number of aromatic nitrogens is 2. The lowest BCUT2D eigenvalue weighted by molar-refractivity contribution is 1.17. The minimum atomic E-state index is 0.238. The Hall–Kier alpha value is -2.40. The van der Waals surface area contributed by atoms with Crippen molar-refractivity contribution >= 4 is 33.4 Å². The van der Waals surface area contributed by atoms with Gasteiger partial charge in [0.1, 0.15) is 5.82 Å². The molecule has 0 amide bonds. The molecule has 0 radical (unpaired) electrons. The van der Waals surface area contributed by atoms with E-state index in [1.54, 1.807) is 6.20 Å². The molecular weight excluding hydrogens is 328 g/mol. The Morgan fingerprint density at radius 1 is 0.905 bits per heavy atom. The SMILES string of the molecule is Nc1ncc(Br)c(Nc2ccc(-c3ccccc3)cc2)n1. The number of halogens is 1. The predicted molar refractivity (Wildman–Crippen MR) is 89.3 cm³/mol. The van der Waals surface area contributed by atoms with Gasteiger partial charge in [0.25, 0.3) is 0 Å². The lowest BCUT2D eigenvalue weighted by Gasteiger charge is -2.09. The molecule has 0 aliphatic rings. The molecule has 0 unspecified atom stereocenters.